The van der Waals surface area contributed by atoms with Crippen molar-refractivity contribution in [3.05, 3.63) is 53.6 Å². The van der Waals surface area contributed by atoms with E-state index >= 15 is 0 Å². The summed E-state index contributed by atoms with van der Waals surface area (Å²) in [7, 11) is 0. The largest absolute Gasteiger partial charge is 0.326 e. The Kier molecular flexibility index (Phi) is 6.04. The standard InChI is InChI=1S/C19H22N2O2S/c1-12-5-10-18(13(2)11-12)24-14(3)19(23)21-17-8-6-16(7-9-17)20-15(4)22/h5-11,14H,1-4H3,(H,20,22)(H,21,23)/t14-/m1/s1. The Balaban J connectivity index is 1.97. The van der Waals surface area contributed by atoms with Gasteiger partial charge in [0.25, 0.3) is 0 Å². The van der Waals surface area contributed by atoms with E-state index in [1.54, 1.807) is 36.0 Å². The Labute approximate surface area is 147 Å². The average molecular weight is 342 g/mol. The molecule has 0 aromatic heterocycles. The van der Waals surface area contributed by atoms with Crippen LogP contribution in [0.25, 0.3) is 0 Å². The van der Waals surface area contributed by atoms with Gasteiger partial charge in [0.1, 0.15) is 0 Å². The summed E-state index contributed by atoms with van der Waals surface area (Å²) in [5.74, 6) is -0.169. The fraction of sp³-hybridized carbons (Fsp3) is 0.263. The van der Waals surface area contributed by atoms with Crippen LogP contribution in [-0.4, -0.2) is 17.1 Å². The minimum Gasteiger partial charge on any atom is -0.326 e. The molecule has 2 amide bonds. The van der Waals surface area contributed by atoms with Crippen LogP contribution < -0.4 is 10.6 Å². The van der Waals surface area contributed by atoms with Gasteiger partial charge in [0.15, 0.2) is 0 Å². The van der Waals surface area contributed by atoms with Gasteiger partial charge in [-0.3, -0.25) is 9.59 Å². The first-order valence-electron chi connectivity index (χ1n) is 7.77. The Hall–Kier alpha value is -2.27. The lowest BCUT2D eigenvalue weighted by atomic mass is 10.2. The predicted molar refractivity (Wildman–Crippen MR) is 101 cm³/mol. The topological polar surface area (TPSA) is 58.2 Å². The highest BCUT2D eigenvalue weighted by atomic mass is 32.2. The second-order valence-corrected chi connectivity index (χ2v) is 7.16. The van der Waals surface area contributed by atoms with Gasteiger partial charge < -0.3 is 10.6 Å². The van der Waals surface area contributed by atoms with Crippen LogP contribution >= 0.6 is 11.8 Å². The second kappa shape index (κ2) is 8.02. The normalized spacial score (nSPS) is 11.7. The number of amides is 2. The highest BCUT2D eigenvalue weighted by molar-refractivity contribution is 8.00. The zero-order chi connectivity index (χ0) is 17.7. The summed E-state index contributed by atoms with van der Waals surface area (Å²) in [6.07, 6.45) is 0. The molecule has 0 saturated carbocycles. The highest BCUT2D eigenvalue weighted by Gasteiger charge is 2.15. The Morgan fingerprint density at radius 1 is 0.958 bits per heavy atom. The maximum absolute atomic E-state index is 12.4. The molecule has 2 rings (SSSR count). The van der Waals surface area contributed by atoms with Crippen LogP contribution in [0.4, 0.5) is 11.4 Å². The maximum Gasteiger partial charge on any atom is 0.237 e. The number of rotatable bonds is 5. The summed E-state index contributed by atoms with van der Waals surface area (Å²) in [6.45, 7) is 7.47. The van der Waals surface area contributed by atoms with Crippen LogP contribution in [0, 0.1) is 13.8 Å². The van der Waals surface area contributed by atoms with Gasteiger partial charge in [-0.15, -0.1) is 11.8 Å². The van der Waals surface area contributed by atoms with Gasteiger partial charge in [-0.1, -0.05) is 17.7 Å². The molecule has 0 aliphatic carbocycles. The lowest BCUT2D eigenvalue weighted by molar-refractivity contribution is -0.115. The number of carbonyl (C=O) groups is 2. The molecule has 0 fully saturated rings. The van der Waals surface area contributed by atoms with Crippen molar-refractivity contribution in [2.24, 2.45) is 0 Å². The third-order valence-corrected chi connectivity index (χ3v) is 4.76. The van der Waals surface area contributed by atoms with Crippen LogP contribution in [0.1, 0.15) is 25.0 Å². The van der Waals surface area contributed by atoms with Crippen molar-refractivity contribution < 1.29 is 9.59 Å². The Bertz CT molecular complexity index is 742. The quantitative estimate of drug-likeness (QED) is 0.793. The number of nitrogens with one attached hydrogen (secondary N) is 2. The zero-order valence-electron chi connectivity index (χ0n) is 14.3. The number of thioether (sulfide) groups is 1. The Morgan fingerprint density at radius 3 is 2.08 bits per heavy atom. The molecule has 2 aromatic carbocycles. The van der Waals surface area contributed by atoms with Crippen LogP contribution in [0.3, 0.4) is 0 Å². The molecule has 1 atom stereocenters. The van der Waals surface area contributed by atoms with E-state index < -0.39 is 0 Å². The van der Waals surface area contributed by atoms with Crippen molar-refractivity contribution in [1.29, 1.82) is 0 Å². The van der Waals surface area contributed by atoms with E-state index in [2.05, 4.69) is 42.7 Å². The van der Waals surface area contributed by atoms with E-state index in [0.717, 1.165) is 4.90 Å². The van der Waals surface area contributed by atoms with Gasteiger partial charge >= 0.3 is 0 Å². The van der Waals surface area contributed by atoms with E-state index in [1.807, 2.05) is 6.92 Å². The molecule has 2 N–H and O–H groups in total. The van der Waals surface area contributed by atoms with Crippen LogP contribution in [0.5, 0.6) is 0 Å². The molecule has 0 aliphatic rings. The number of aryl methyl sites for hydroxylation is 2. The van der Waals surface area contributed by atoms with Crippen molar-refractivity contribution in [2.75, 3.05) is 10.6 Å². The summed E-state index contributed by atoms with van der Waals surface area (Å²) in [5.41, 5.74) is 3.81. The summed E-state index contributed by atoms with van der Waals surface area (Å²) >= 11 is 1.55. The SMILES string of the molecule is CC(=O)Nc1ccc(NC(=O)[C@@H](C)Sc2ccc(C)cc2C)cc1. The van der Waals surface area contributed by atoms with Gasteiger partial charge in [-0.25, -0.2) is 0 Å². The van der Waals surface area contributed by atoms with Gasteiger partial charge in [0.05, 0.1) is 5.25 Å². The van der Waals surface area contributed by atoms with Gasteiger partial charge in [-0.2, -0.15) is 0 Å². The van der Waals surface area contributed by atoms with E-state index in [0.29, 0.717) is 11.4 Å². The van der Waals surface area contributed by atoms with Crippen LogP contribution in [0.2, 0.25) is 0 Å². The first-order chi connectivity index (χ1) is 11.3. The summed E-state index contributed by atoms with van der Waals surface area (Å²) in [5, 5.41) is 5.39. The third-order valence-electron chi connectivity index (χ3n) is 3.48. The number of anilines is 2. The fourth-order valence-corrected chi connectivity index (χ4v) is 3.20. The van der Waals surface area contributed by atoms with Crippen LogP contribution in [0.15, 0.2) is 47.4 Å². The molecule has 4 nitrogen and oxygen atoms in total. The maximum atomic E-state index is 12.4. The smallest absolute Gasteiger partial charge is 0.237 e. The Morgan fingerprint density at radius 2 is 1.54 bits per heavy atom. The molecule has 0 saturated heterocycles. The van der Waals surface area contributed by atoms with Crippen molar-refractivity contribution in [2.45, 2.75) is 37.8 Å². The molecule has 0 aliphatic heterocycles. The van der Waals surface area contributed by atoms with Crippen molar-refractivity contribution in [1.82, 2.24) is 0 Å². The minimum atomic E-state index is -0.207. The van der Waals surface area contributed by atoms with E-state index in [-0.39, 0.29) is 17.1 Å². The highest BCUT2D eigenvalue weighted by Crippen LogP contribution is 2.28. The monoisotopic (exact) mass is 342 g/mol. The zero-order valence-corrected chi connectivity index (χ0v) is 15.2. The summed E-state index contributed by atoms with van der Waals surface area (Å²) in [4.78, 5) is 24.5. The minimum absolute atomic E-state index is 0.0488. The molecule has 0 radical (unpaired) electrons. The summed E-state index contributed by atoms with van der Waals surface area (Å²) in [6, 6.07) is 13.3. The number of carbonyl (C=O) groups excluding carboxylic acids is 2. The lowest BCUT2D eigenvalue weighted by Crippen LogP contribution is -2.22. The van der Waals surface area contributed by atoms with Gasteiger partial charge in [-0.05, 0) is 56.7 Å². The second-order valence-electron chi connectivity index (χ2n) is 5.78. The van der Waals surface area contributed by atoms with E-state index in [9.17, 15) is 9.59 Å². The molecule has 24 heavy (non-hydrogen) atoms. The molecule has 0 bridgehead atoms. The van der Waals surface area contributed by atoms with Gasteiger partial charge in [0.2, 0.25) is 11.8 Å². The number of hydrogen-bond acceptors (Lipinski definition) is 3. The van der Waals surface area contributed by atoms with E-state index in [1.165, 1.54) is 18.1 Å². The molecule has 0 heterocycles. The molecule has 0 unspecified atom stereocenters. The van der Waals surface area contributed by atoms with Crippen molar-refractivity contribution >= 4 is 35.0 Å². The van der Waals surface area contributed by atoms with Gasteiger partial charge in [0, 0.05) is 23.2 Å². The first-order valence-corrected chi connectivity index (χ1v) is 8.65. The molecule has 126 valence electrons. The van der Waals surface area contributed by atoms with Crippen LogP contribution in [-0.2, 0) is 9.59 Å². The van der Waals surface area contributed by atoms with Crippen molar-refractivity contribution in [3.63, 3.8) is 0 Å². The number of benzene rings is 2. The molecular weight excluding hydrogens is 320 g/mol. The molecule has 5 heteroatoms. The molecule has 2 aromatic rings. The predicted octanol–water partition coefficient (Wildman–Crippen LogP) is 4.38. The lowest BCUT2D eigenvalue weighted by Gasteiger charge is -2.14. The molecule has 0 spiro atoms. The first kappa shape index (κ1) is 18.1. The number of hydrogen-bond donors (Lipinski definition) is 2. The molecular formula is C19H22N2O2S. The third kappa shape index (κ3) is 5.13. The summed E-state index contributed by atoms with van der Waals surface area (Å²) < 4.78 is 0. The van der Waals surface area contributed by atoms with Crippen molar-refractivity contribution in [3.8, 4) is 0 Å². The van der Waals surface area contributed by atoms with E-state index in [4.69, 9.17) is 0 Å². The average Bonchev–Trinajstić information content (AvgIpc) is 2.51. The fourth-order valence-electron chi connectivity index (χ4n) is 2.26.